The number of carbonyl (C=O) groups is 1. The molecular formula is C21H23NO3S. The summed E-state index contributed by atoms with van der Waals surface area (Å²) >= 11 is 0. The van der Waals surface area contributed by atoms with Crippen LogP contribution in [-0.4, -0.2) is 38.1 Å². The third kappa shape index (κ3) is 4.22. The fraction of sp³-hybridized carbons (Fsp3) is 0.286. The standard InChI is InChI=1S/C21H23NO3S/c1-17(16-18-8-4-2-5-9-18)21(23)22-13-12-20(26(24,25)15-14-22)19-10-6-3-7-11-19/h2-11,16,20H,12-15H2,1H3/b17-16+/t20-/m0/s1. The summed E-state index contributed by atoms with van der Waals surface area (Å²) in [5, 5.41) is -0.542. The molecule has 26 heavy (non-hydrogen) atoms. The number of sulfone groups is 1. The molecule has 0 aromatic heterocycles. The van der Waals surface area contributed by atoms with Crippen molar-refractivity contribution < 1.29 is 13.2 Å². The fourth-order valence-electron chi connectivity index (χ4n) is 3.30. The summed E-state index contributed by atoms with van der Waals surface area (Å²) in [5.74, 6) is -0.102. The first kappa shape index (κ1) is 18.4. The average molecular weight is 369 g/mol. The Bertz CT molecular complexity index is 889. The maximum Gasteiger partial charge on any atom is 0.249 e. The first-order chi connectivity index (χ1) is 12.5. The summed E-state index contributed by atoms with van der Waals surface area (Å²) < 4.78 is 25.4. The van der Waals surface area contributed by atoms with Crippen molar-refractivity contribution >= 4 is 21.8 Å². The van der Waals surface area contributed by atoms with Crippen LogP contribution in [0.1, 0.15) is 29.7 Å². The van der Waals surface area contributed by atoms with Gasteiger partial charge in [0.1, 0.15) is 0 Å². The van der Waals surface area contributed by atoms with Crippen LogP contribution in [0.3, 0.4) is 0 Å². The van der Waals surface area contributed by atoms with Gasteiger partial charge >= 0.3 is 0 Å². The predicted molar refractivity (Wildman–Crippen MR) is 104 cm³/mol. The first-order valence-electron chi connectivity index (χ1n) is 8.76. The van der Waals surface area contributed by atoms with Gasteiger partial charge in [-0.1, -0.05) is 60.7 Å². The van der Waals surface area contributed by atoms with Gasteiger partial charge in [-0.25, -0.2) is 8.42 Å². The van der Waals surface area contributed by atoms with E-state index in [4.69, 9.17) is 0 Å². The van der Waals surface area contributed by atoms with Crippen LogP contribution < -0.4 is 0 Å². The predicted octanol–water partition coefficient (Wildman–Crippen LogP) is 3.48. The molecule has 5 heteroatoms. The molecule has 3 rings (SSSR count). The molecule has 0 aliphatic carbocycles. The molecule has 0 radical (unpaired) electrons. The number of rotatable bonds is 3. The molecule has 0 spiro atoms. The lowest BCUT2D eigenvalue weighted by Crippen LogP contribution is -2.34. The number of nitrogens with zero attached hydrogens (tertiary/aromatic N) is 1. The Morgan fingerprint density at radius 1 is 1.00 bits per heavy atom. The van der Waals surface area contributed by atoms with Gasteiger partial charge in [-0.2, -0.15) is 0 Å². The van der Waals surface area contributed by atoms with Crippen molar-refractivity contribution in [1.29, 1.82) is 0 Å². The Morgan fingerprint density at radius 3 is 2.27 bits per heavy atom. The van der Waals surface area contributed by atoms with E-state index in [-0.39, 0.29) is 18.2 Å². The quantitative estimate of drug-likeness (QED) is 0.779. The van der Waals surface area contributed by atoms with E-state index in [1.165, 1.54) is 0 Å². The SMILES string of the molecule is C/C(=C\c1ccccc1)C(=O)N1CC[C@@H](c2ccccc2)S(=O)(=O)CC1. The number of amides is 1. The van der Waals surface area contributed by atoms with Crippen LogP contribution in [0.15, 0.2) is 66.2 Å². The lowest BCUT2D eigenvalue weighted by molar-refractivity contribution is -0.126. The molecule has 136 valence electrons. The van der Waals surface area contributed by atoms with E-state index in [0.717, 1.165) is 11.1 Å². The van der Waals surface area contributed by atoms with Crippen molar-refractivity contribution in [3.05, 3.63) is 77.4 Å². The van der Waals surface area contributed by atoms with Gasteiger partial charge in [-0.05, 0) is 30.5 Å². The van der Waals surface area contributed by atoms with Crippen LogP contribution in [0.25, 0.3) is 6.08 Å². The number of carbonyl (C=O) groups excluding carboxylic acids is 1. The van der Waals surface area contributed by atoms with Crippen molar-refractivity contribution in [3.8, 4) is 0 Å². The van der Waals surface area contributed by atoms with E-state index < -0.39 is 15.1 Å². The fourth-order valence-corrected chi connectivity index (χ4v) is 5.10. The minimum absolute atomic E-state index is 0.00306. The second-order valence-electron chi connectivity index (χ2n) is 6.59. The Hall–Kier alpha value is -2.40. The van der Waals surface area contributed by atoms with E-state index in [0.29, 0.717) is 18.5 Å². The monoisotopic (exact) mass is 369 g/mol. The molecular weight excluding hydrogens is 346 g/mol. The highest BCUT2D eigenvalue weighted by atomic mass is 32.2. The summed E-state index contributed by atoms with van der Waals surface area (Å²) in [6.07, 6.45) is 2.27. The van der Waals surface area contributed by atoms with Gasteiger partial charge in [0.25, 0.3) is 0 Å². The lowest BCUT2D eigenvalue weighted by Gasteiger charge is -2.20. The zero-order chi connectivity index (χ0) is 18.6. The van der Waals surface area contributed by atoms with Crippen LogP contribution in [-0.2, 0) is 14.6 Å². The molecule has 1 atom stereocenters. The van der Waals surface area contributed by atoms with Crippen LogP contribution in [0.4, 0.5) is 0 Å². The van der Waals surface area contributed by atoms with Crippen molar-refractivity contribution in [3.63, 3.8) is 0 Å². The van der Waals surface area contributed by atoms with E-state index in [1.807, 2.05) is 66.7 Å². The van der Waals surface area contributed by atoms with Gasteiger partial charge in [0.05, 0.1) is 11.0 Å². The summed E-state index contributed by atoms with van der Waals surface area (Å²) in [6, 6.07) is 18.9. The molecule has 0 unspecified atom stereocenters. The van der Waals surface area contributed by atoms with Crippen LogP contribution >= 0.6 is 0 Å². The molecule has 1 aliphatic heterocycles. The highest BCUT2D eigenvalue weighted by Gasteiger charge is 2.32. The van der Waals surface area contributed by atoms with Gasteiger partial charge in [0.2, 0.25) is 5.91 Å². The minimum Gasteiger partial charge on any atom is -0.338 e. The third-order valence-electron chi connectivity index (χ3n) is 4.72. The van der Waals surface area contributed by atoms with Crippen LogP contribution in [0.5, 0.6) is 0 Å². The van der Waals surface area contributed by atoms with Crippen molar-refractivity contribution in [2.75, 3.05) is 18.8 Å². The molecule has 1 heterocycles. The second kappa shape index (κ2) is 7.87. The topological polar surface area (TPSA) is 54.5 Å². The summed E-state index contributed by atoms with van der Waals surface area (Å²) in [6.45, 7) is 2.46. The Morgan fingerprint density at radius 2 is 1.62 bits per heavy atom. The maximum absolute atomic E-state index is 12.8. The molecule has 1 saturated heterocycles. The zero-order valence-corrected chi connectivity index (χ0v) is 15.7. The zero-order valence-electron chi connectivity index (χ0n) is 14.8. The van der Waals surface area contributed by atoms with Gasteiger partial charge in [-0.15, -0.1) is 0 Å². The minimum atomic E-state index is -3.28. The molecule has 2 aromatic carbocycles. The molecule has 0 saturated carbocycles. The largest absolute Gasteiger partial charge is 0.338 e. The molecule has 0 N–H and O–H groups in total. The molecule has 4 nitrogen and oxygen atoms in total. The summed E-state index contributed by atoms with van der Waals surface area (Å²) in [5.41, 5.74) is 2.38. The average Bonchev–Trinajstić information content (AvgIpc) is 2.80. The lowest BCUT2D eigenvalue weighted by atomic mass is 10.1. The number of hydrogen-bond acceptors (Lipinski definition) is 3. The molecule has 1 aliphatic rings. The van der Waals surface area contributed by atoms with E-state index in [2.05, 4.69) is 0 Å². The van der Waals surface area contributed by atoms with E-state index in [9.17, 15) is 13.2 Å². The smallest absolute Gasteiger partial charge is 0.249 e. The first-order valence-corrected chi connectivity index (χ1v) is 10.5. The van der Waals surface area contributed by atoms with E-state index in [1.54, 1.807) is 11.8 Å². The van der Waals surface area contributed by atoms with Crippen molar-refractivity contribution in [2.24, 2.45) is 0 Å². The van der Waals surface area contributed by atoms with Crippen LogP contribution in [0, 0.1) is 0 Å². The highest BCUT2D eigenvalue weighted by molar-refractivity contribution is 7.91. The Kier molecular flexibility index (Phi) is 5.57. The van der Waals surface area contributed by atoms with Crippen molar-refractivity contribution in [2.45, 2.75) is 18.6 Å². The molecule has 1 fully saturated rings. The Labute approximate surface area is 155 Å². The van der Waals surface area contributed by atoms with Gasteiger partial charge in [0.15, 0.2) is 9.84 Å². The van der Waals surface area contributed by atoms with Gasteiger partial charge in [0, 0.05) is 18.7 Å². The second-order valence-corrected chi connectivity index (χ2v) is 8.89. The normalized spacial score (nSPS) is 20.4. The maximum atomic E-state index is 12.8. The van der Waals surface area contributed by atoms with Crippen molar-refractivity contribution in [1.82, 2.24) is 4.90 Å². The summed E-state index contributed by atoms with van der Waals surface area (Å²) in [4.78, 5) is 14.4. The third-order valence-corrected chi connectivity index (χ3v) is 6.85. The van der Waals surface area contributed by atoms with E-state index >= 15 is 0 Å². The van der Waals surface area contributed by atoms with Gasteiger partial charge in [-0.3, -0.25) is 4.79 Å². The number of benzene rings is 2. The highest BCUT2D eigenvalue weighted by Crippen LogP contribution is 2.29. The molecule has 2 aromatic rings. The molecule has 1 amide bonds. The number of hydrogen-bond donors (Lipinski definition) is 0. The van der Waals surface area contributed by atoms with Crippen LogP contribution in [0.2, 0.25) is 0 Å². The molecule has 0 bridgehead atoms. The Balaban J connectivity index is 1.77. The summed E-state index contributed by atoms with van der Waals surface area (Å²) in [7, 11) is -3.28. The van der Waals surface area contributed by atoms with Gasteiger partial charge < -0.3 is 4.90 Å².